The topological polar surface area (TPSA) is 103 Å². The maximum Gasteiger partial charge on any atom is 0.407 e. The van der Waals surface area contributed by atoms with Gasteiger partial charge < -0.3 is 20.1 Å². The molecule has 0 aromatic carbocycles. The Bertz CT molecular complexity index is 962. The van der Waals surface area contributed by atoms with Crippen LogP contribution in [0.4, 0.5) is 9.93 Å². The first kappa shape index (κ1) is 20.8. The number of aromatic nitrogens is 4. The number of amides is 1. The quantitative estimate of drug-likeness (QED) is 0.539. The van der Waals surface area contributed by atoms with Gasteiger partial charge in [0.05, 0.1) is 24.7 Å². The van der Waals surface area contributed by atoms with E-state index in [2.05, 4.69) is 25.7 Å². The highest BCUT2D eigenvalue weighted by molar-refractivity contribution is 7.20. The van der Waals surface area contributed by atoms with Crippen LogP contribution in [0.25, 0.3) is 16.2 Å². The number of alkyl carbamates (subject to hydrolysis) is 1. The van der Waals surface area contributed by atoms with Crippen molar-refractivity contribution in [1.29, 1.82) is 0 Å². The van der Waals surface area contributed by atoms with Gasteiger partial charge in [-0.05, 0) is 40.2 Å². The average molecular weight is 419 g/mol. The van der Waals surface area contributed by atoms with E-state index in [1.807, 2.05) is 33.8 Å². The molecule has 0 radical (unpaired) electrons. The Morgan fingerprint density at radius 3 is 2.83 bits per heavy atom. The molecule has 156 valence electrons. The Balaban J connectivity index is 1.55. The predicted octanol–water partition coefficient (Wildman–Crippen LogP) is 3.58. The number of ether oxygens (including phenoxy) is 2. The first-order chi connectivity index (χ1) is 13.9. The molecule has 0 aliphatic heterocycles. The Morgan fingerprint density at radius 1 is 1.24 bits per heavy atom. The molecule has 0 bridgehead atoms. The third-order valence-corrected chi connectivity index (χ3v) is 4.58. The second kappa shape index (κ2) is 9.08. The van der Waals surface area contributed by atoms with Gasteiger partial charge in [0.15, 0.2) is 0 Å². The summed E-state index contributed by atoms with van der Waals surface area (Å²) in [5.74, 6) is 0.714. The molecule has 0 aliphatic rings. The fourth-order valence-corrected chi connectivity index (χ4v) is 3.35. The van der Waals surface area contributed by atoms with Crippen LogP contribution in [-0.2, 0) is 4.74 Å². The number of rotatable bonds is 8. The van der Waals surface area contributed by atoms with Crippen molar-refractivity contribution < 1.29 is 14.3 Å². The summed E-state index contributed by atoms with van der Waals surface area (Å²) >= 11 is 1.47. The summed E-state index contributed by atoms with van der Waals surface area (Å²) in [5, 5.41) is 11.4. The van der Waals surface area contributed by atoms with Gasteiger partial charge in [-0.15, -0.1) is 5.10 Å². The number of fused-ring (bicyclic) bond motifs is 1. The lowest BCUT2D eigenvalue weighted by atomic mass is 10.2. The first-order valence-corrected chi connectivity index (χ1v) is 10.3. The van der Waals surface area contributed by atoms with E-state index in [9.17, 15) is 4.79 Å². The van der Waals surface area contributed by atoms with Crippen LogP contribution >= 0.6 is 11.3 Å². The molecular weight excluding hydrogens is 392 g/mol. The van der Waals surface area contributed by atoms with E-state index in [1.54, 1.807) is 23.1 Å². The molecule has 0 saturated carbocycles. The minimum absolute atomic E-state index is 0.405. The van der Waals surface area contributed by atoms with E-state index >= 15 is 0 Å². The van der Waals surface area contributed by atoms with Gasteiger partial charge in [-0.25, -0.2) is 14.3 Å². The van der Waals surface area contributed by atoms with Crippen molar-refractivity contribution in [3.05, 3.63) is 24.7 Å². The molecule has 0 spiro atoms. The summed E-state index contributed by atoms with van der Waals surface area (Å²) < 4.78 is 12.5. The first-order valence-electron chi connectivity index (χ1n) is 9.49. The molecule has 3 rings (SSSR count). The van der Waals surface area contributed by atoms with Gasteiger partial charge in [0.25, 0.3) is 0 Å². The molecule has 0 atom stereocenters. The minimum Gasteiger partial charge on any atom is -0.492 e. The van der Waals surface area contributed by atoms with Crippen molar-refractivity contribution in [1.82, 2.24) is 24.9 Å². The highest BCUT2D eigenvalue weighted by Gasteiger charge is 2.15. The Morgan fingerprint density at radius 2 is 2.07 bits per heavy atom. The van der Waals surface area contributed by atoms with Gasteiger partial charge >= 0.3 is 6.09 Å². The maximum atomic E-state index is 11.6. The van der Waals surface area contributed by atoms with Gasteiger partial charge in [0.2, 0.25) is 10.1 Å². The van der Waals surface area contributed by atoms with Crippen LogP contribution in [0.2, 0.25) is 0 Å². The zero-order valence-corrected chi connectivity index (χ0v) is 17.9. The molecule has 3 aromatic heterocycles. The highest BCUT2D eigenvalue weighted by atomic mass is 32.1. The summed E-state index contributed by atoms with van der Waals surface area (Å²) in [6.07, 6.45) is 5.57. The van der Waals surface area contributed by atoms with Crippen LogP contribution in [-0.4, -0.2) is 51.0 Å². The summed E-state index contributed by atoms with van der Waals surface area (Å²) in [5.41, 5.74) is 1.25. The summed E-state index contributed by atoms with van der Waals surface area (Å²) in [4.78, 5) is 21.1. The van der Waals surface area contributed by atoms with Crippen molar-refractivity contribution >= 4 is 27.5 Å². The van der Waals surface area contributed by atoms with Crippen molar-refractivity contribution in [2.75, 3.05) is 25.0 Å². The van der Waals surface area contributed by atoms with Crippen molar-refractivity contribution in [3.8, 4) is 17.0 Å². The second-order valence-corrected chi connectivity index (χ2v) is 8.25. The van der Waals surface area contributed by atoms with E-state index in [4.69, 9.17) is 9.47 Å². The molecule has 0 saturated heterocycles. The normalized spacial score (nSPS) is 11.4. The smallest absolute Gasteiger partial charge is 0.407 e. The molecule has 10 heteroatoms. The van der Waals surface area contributed by atoms with Gasteiger partial charge in [-0.1, -0.05) is 11.3 Å². The molecule has 0 fully saturated rings. The zero-order valence-electron chi connectivity index (χ0n) is 17.1. The molecule has 3 heterocycles. The van der Waals surface area contributed by atoms with Gasteiger partial charge in [0.1, 0.15) is 11.4 Å². The number of anilines is 1. The Kier molecular flexibility index (Phi) is 6.53. The Labute approximate surface area is 173 Å². The number of imidazole rings is 1. The van der Waals surface area contributed by atoms with Gasteiger partial charge in [-0.3, -0.25) is 4.98 Å². The number of nitrogens with zero attached hydrogens (tertiary/aromatic N) is 4. The summed E-state index contributed by atoms with van der Waals surface area (Å²) in [6.45, 7) is 9.22. The van der Waals surface area contributed by atoms with Crippen molar-refractivity contribution in [2.45, 2.75) is 39.7 Å². The number of nitrogens with one attached hydrogen (secondary N) is 2. The number of hydrogen-bond acceptors (Lipinski definition) is 8. The lowest BCUT2D eigenvalue weighted by Gasteiger charge is -2.19. The Hall–Kier alpha value is -2.88. The third-order valence-electron chi connectivity index (χ3n) is 3.70. The fourth-order valence-electron chi connectivity index (χ4n) is 2.55. The van der Waals surface area contributed by atoms with Crippen molar-refractivity contribution in [2.24, 2.45) is 0 Å². The van der Waals surface area contributed by atoms with E-state index < -0.39 is 11.7 Å². The fraction of sp³-hybridized carbons (Fsp3) is 0.474. The van der Waals surface area contributed by atoms with Crippen LogP contribution in [0.15, 0.2) is 24.7 Å². The third kappa shape index (κ3) is 5.80. The van der Waals surface area contributed by atoms with Crippen LogP contribution in [0.1, 0.15) is 34.1 Å². The minimum atomic E-state index is -0.493. The van der Waals surface area contributed by atoms with Crippen LogP contribution in [0.5, 0.6) is 5.75 Å². The van der Waals surface area contributed by atoms with Gasteiger partial charge in [-0.2, -0.15) is 0 Å². The zero-order chi connectivity index (χ0) is 20.9. The predicted molar refractivity (Wildman–Crippen MR) is 113 cm³/mol. The van der Waals surface area contributed by atoms with E-state index in [0.29, 0.717) is 25.4 Å². The molecular formula is C19H26N6O3S. The van der Waals surface area contributed by atoms with E-state index in [-0.39, 0.29) is 0 Å². The molecule has 3 aromatic rings. The van der Waals surface area contributed by atoms with Crippen LogP contribution in [0, 0.1) is 0 Å². The monoisotopic (exact) mass is 418 g/mol. The molecule has 2 N–H and O–H groups in total. The number of carbonyl (C=O) groups excluding carboxylic acids is 1. The second-order valence-electron chi connectivity index (χ2n) is 7.30. The van der Waals surface area contributed by atoms with Crippen LogP contribution < -0.4 is 15.4 Å². The molecule has 0 aliphatic carbocycles. The molecule has 9 nitrogen and oxygen atoms in total. The summed E-state index contributed by atoms with van der Waals surface area (Å²) in [6, 6.07) is 1.93. The molecule has 0 unspecified atom stereocenters. The van der Waals surface area contributed by atoms with Gasteiger partial charge in [0, 0.05) is 24.8 Å². The number of pyridine rings is 1. The SMILES string of the molecule is CCOc1cncc(-c2cnc3sc(NCCCNC(=O)OC(C)(C)C)nn23)c1. The standard InChI is InChI=1S/C19H26N6O3S/c1-5-27-14-9-13(10-20-11-14)15-12-23-17-25(15)24-16(29-17)21-7-6-8-22-18(26)28-19(2,3)4/h9-12H,5-8H2,1-4H3,(H,21,24)(H,22,26). The highest BCUT2D eigenvalue weighted by Crippen LogP contribution is 2.27. The number of carbonyl (C=O) groups is 1. The summed E-state index contributed by atoms with van der Waals surface area (Å²) in [7, 11) is 0. The van der Waals surface area contributed by atoms with E-state index in [0.717, 1.165) is 27.8 Å². The lowest BCUT2D eigenvalue weighted by molar-refractivity contribution is 0.0528. The van der Waals surface area contributed by atoms with Crippen LogP contribution in [0.3, 0.4) is 0 Å². The maximum absolute atomic E-state index is 11.6. The lowest BCUT2D eigenvalue weighted by Crippen LogP contribution is -2.33. The van der Waals surface area contributed by atoms with E-state index in [1.165, 1.54) is 11.3 Å². The largest absolute Gasteiger partial charge is 0.492 e. The molecule has 29 heavy (non-hydrogen) atoms. The number of hydrogen-bond donors (Lipinski definition) is 2. The average Bonchev–Trinajstić information content (AvgIpc) is 3.20. The molecule has 1 amide bonds. The van der Waals surface area contributed by atoms with Crippen molar-refractivity contribution in [3.63, 3.8) is 0 Å².